The van der Waals surface area contributed by atoms with Crippen LogP contribution in [0.3, 0.4) is 0 Å². The quantitative estimate of drug-likeness (QED) is 0.100. The molecule has 4 amide bonds. The van der Waals surface area contributed by atoms with Crippen LogP contribution in [-0.4, -0.2) is 22.8 Å². The monoisotopic (exact) mass is 631 g/mol. The van der Waals surface area contributed by atoms with Crippen LogP contribution in [0.5, 0.6) is 11.5 Å². The van der Waals surface area contributed by atoms with Crippen LogP contribution in [-0.2, 0) is 11.0 Å². The van der Waals surface area contributed by atoms with E-state index in [1.165, 1.54) is 60.8 Å². The maximum atomic E-state index is 13.3. The molecule has 4 N–H and O–H groups in total. The second-order valence-electron chi connectivity index (χ2n) is 8.72. The van der Waals surface area contributed by atoms with Gasteiger partial charge in [-0.15, -0.1) is 0 Å². The van der Waals surface area contributed by atoms with Gasteiger partial charge >= 0.3 is 12.2 Å². The van der Waals surface area contributed by atoms with Gasteiger partial charge in [-0.2, -0.15) is 13.2 Å². The third-order valence-electron chi connectivity index (χ3n) is 5.51. The van der Waals surface area contributed by atoms with E-state index in [1.54, 1.807) is 0 Å². The average molecular weight is 632 g/mol. The number of urea groups is 1. The van der Waals surface area contributed by atoms with Crippen molar-refractivity contribution in [3.63, 3.8) is 0 Å². The van der Waals surface area contributed by atoms with E-state index in [4.69, 9.17) is 16.3 Å². The van der Waals surface area contributed by atoms with Crippen molar-refractivity contribution in [1.29, 1.82) is 0 Å². The summed E-state index contributed by atoms with van der Waals surface area (Å²) >= 11 is 5.59. The van der Waals surface area contributed by atoms with E-state index in [2.05, 4.69) is 26.5 Å². The lowest BCUT2D eigenvalue weighted by atomic mass is 10.2. The number of nitrogens with one attached hydrogen (secondary N) is 4. The summed E-state index contributed by atoms with van der Waals surface area (Å²) in [6.45, 7) is 0. The molecular weight excluding hydrogens is 613 g/mol. The number of benzene rings is 3. The molecule has 0 saturated carbocycles. The smallest absolute Gasteiger partial charge is 0.417 e. The molecule has 0 radical (unpaired) electrons. The molecule has 0 spiro atoms. The zero-order valence-electron chi connectivity index (χ0n) is 22.0. The number of nitrogens with zero attached hydrogens (tertiary/aromatic N) is 1. The Morgan fingerprint density at radius 1 is 0.795 bits per heavy atom. The highest BCUT2D eigenvalue weighted by atomic mass is 35.5. The molecule has 9 nitrogen and oxygen atoms in total. The number of rotatable bonds is 7. The number of pyridine rings is 1. The third kappa shape index (κ3) is 8.75. The minimum Gasteiger partial charge on any atom is -0.457 e. The van der Waals surface area contributed by atoms with Crippen molar-refractivity contribution >= 4 is 46.9 Å². The summed E-state index contributed by atoms with van der Waals surface area (Å²) < 4.78 is 71.1. The predicted octanol–water partition coefficient (Wildman–Crippen LogP) is 6.94. The molecule has 0 aliphatic heterocycles. The number of ether oxygens (including phenoxy) is 1. The third-order valence-corrected chi connectivity index (χ3v) is 5.84. The van der Waals surface area contributed by atoms with E-state index < -0.39 is 46.2 Å². The first-order valence-corrected chi connectivity index (χ1v) is 12.7. The van der Waals surface area contributed by atoms with Crippen molar-refractivity contribution in [2.75, 3.05) is 10.6 Å². The Morgan fingerprint density at radius 2 is 1.50 bits per heavy atom. The zero-order chi connectivity index (χ0) is 31.9. The van der Waals surface area contributed by atoms with Gasteiger partial charge in [-0.05, 0) is 72.3 Å². The zero-order valence-corrected chi connectivity index (χ0v) is 22.8. The summed E-state index contributed by atoms with van der Waals surface area (Å²) in [5.41, 5.74) is 3.48. The maximum Gasteiger partial charge on any atom is 0.417 e. The Bertz CT molecular complexity index is 1730. The molecule has 0 fully saturated rings. The Kier molecular flexibility index (Phi) is 9.75. The van der Waals surface area contributed by atoms with Crippen molar-refractivity contribution in [1.82, 2.24) is 15.8 Å². The van der Waals surface area contributed by atoms with E-state index in [9.17, 15) is 36.3 Å². The van der Waals surface area contributed by atoms with Gasteiger partial charge in [0.2, 0.25) is 0 Å². The molecular formula is C29H19ClF5N5O4. The SMILES string of the molecule is O=C(/C=C/c1ccc(F)c(F)c1)NNC(=O)c1cc(Oc2ccc(NC(=O)Nc3ccc(Cl)c(C(F)(F)F)c3)cc2)ccn1. The first-order chi connectivity index (χ1) is 20.9. The first-order valence-electron chi connectivity index (χ1n) is 12.3. The summed E-state index contributed by atoms with van der Waals surface area (Å²) in [4.78, 5) is 40.5. The lowest BCUT2D eigenvalue weighted by molar-refractivity contribution is -0.137. The number of amides is 4. The minimum absolute atomic E-state index is 0.113. The summed E-state index contributed by atoms with van der Waals surface area (Å²) in [6.07, 6.45) is -1.18. The van der Waals surface area contributed by atoms with Crippen LogP contribution in [0.4, 0.5) is 38.1 Å². The molecule has 226 valence electrons. The Labute approximate surface area is 250 Å². The van der Waals surface area contributed by atoms with Gasteiger partial charge in [-0.3, -0.25) is 25.4 Å². The number of halogens is 6. The van der Waals surface area contributed by atoms with Crippen LogP contribution in [0, 0.1) is 11.6 Å². The van der Waals surface area contributed by atoms with Crippen molar-refractivity contribution in [3.8, 4) is 11.5 Å². The summed E-state index contributed by atoms with van der Waals surface area (Å²) in [7, 11) is 0. The molecule has 3 aromatic carbocycles. The highest BCUT2D eigenvalue weighted by Gasteiger charge is 2.33. The van der Waals surface area contributed by atoms with Crippen LogP contribution >= 0.6 is 11.6 Å². The van der Waals surface area contributed by atoms with Crippen molar-refractivity contribution in [3.05, 3.63) is 119 Å². The molecule has 44 heavy (non-hydrogen) atoms. The Hall–Kier alpha value is -5.50. The van der Waals surface area contributed by atoms with Gasteiger partial charge in [0.05, 0.1) is 10.6 Å². The summed E-state index contributed by atoms with van der Waals surface area (Å²) in [5, 5.41) is 4.27. The lowest BCUT2D eigenvalue weighted by Crippen LogP contribution is -2.41. The summed E-state index contributed by atoms with van der Waals surface area (Å²) in [6, 6.07) is 13.9. The number of alkyl halides is 3. The van der Waals surface area contributed by atoms with Gasteiger partial charge < -0.3 is 15.4 Å². The normalized spacial score (nSPS) is 11.1. The molecule has 0 atom stereocenters. The molecule has 0 aliphatic rings. The first kappa shape index (κ1) is 31.4. The second-order valence-corrected chi connectivity index (χ2v) is 9.13. The van der Waals surface area contributed by atoms with Crippen LogP contribution in [0.2, 0.25) is 5.02 Å². The highest BCUT2D eigenvalue weighted by Crippen LogP contribution is 2.36. The molecule has 4 aromatic rings. The Morgan fingerprint density at radius 3 is 2.20 bits per heavy atom. The molecule has 1 aromatic heterocycles. The van der Waals surface area contributed by atoms with Crippen LogP contribution in [0.25, 0.3) is 6.08 Å². The van der Waals surface area contributed by atoms with Crippen molar-refractivity contribution in [2.45, 2.75) is 6.18 Å². The van der Waals surface area contributed by atoms with E-state index in [0.29, 0.717) is 17.5 Å². The van der Waals surface area contributed by atoms with Crippen LogP contribution in [0.15, 0.2) is 85.1 Å². The molecule has 0 saturated heterocycles. The maximum absolute atomic E-state index is 13.3. The second kappa shape index (κ2) is 13.6. The molecule has 0 aliphatic carbocycles. The molecule has 1 heterocycles. The standard InChI is InChI=1S/C29H19ClF5N5O4/c30-22-8-5-18(14-21(22)29(33,34)35)38-28(43)37-17-3-6-19(7-4-17)44-20-11-12-36-25(15-20)27(42)40-39-26(41)10-2-16-1-9-23(31)24(32)13-16/h1-15H,(H,39,41)(H,40,42)(H2,37,38,43)/b10-2+. The van der Waals surface area contributed by atoms with Gasteiger partial charge in [-0.1, -0.05) is 17.7 Å². The van der Waals surface area contributed by atoms with Gasteiger partial charge in [0.25, 0.3) is 11.8 Å². The number of carbonyl (C=O) groups excluding carboxylic acids is 3. The number of anilines is 2. The van der Waals surface area contributed by atoms with E-state index >= 15 is 0 Å². The van der Waals surface area contributed by atoms with Gasteiger partial charge in [-0.25, -0.2) is 13.6 Å². The van der Waals surface area contributed by atoms with E-state index in [1.807, 2.05) is 0 Å². The fraction of sp³-hybridized carbons (Fsp3) is 0.0345. The summed E-state index contributed by atoms with van der Waals surface area (Å²) in [5.74, 6) is -3.13. The largest absolute Gasteiger partial charge is 0.457 e. The molecule has 4 rings (SSSR count). The number of carbonyl (C=O) groups is 3. The molecule has 0 unspecified atom stereocenters. The van der Waals surface area contributed by atoms with Gasteiger partial charge in [0, 0.05) is 29.7 Å². The van der Waals surface area contributed by atoms with Crippen molar-refractivity contribution in [2.24, 2.45) is 0 Å². The number of hydrazine groups is 1. The molecule has 0 bridgehead atoms. The fourth-order valence-electron chi connectivity index (χ4n) is 3.47. The number of hydrogen-bond acceptors (Lipinski definition) is 5. The number of aromatic nitrogens is 1. The van der Waals surface area contributed by atoms with Crippen LogP contribution in [0.1, 0.15) is 21.6 Å². The predicted molar refractivity (Wildman–Crippen MR) is 151 cm³/mol. The molecule has 15 heteroatoms. The van der Waals surface area contributed by atoms with Gasteiger partial charge in [0.1, 0.15) is 17.2 Å². The van der Waals surface area contributed by atoms with E-state index in [-0.39, 0.29) is 22.7 Å². The van der Waals surface area contributed by atoms with E-state index in [0.717, 1.165) is 24.3 Å². The topological polar surface area (TPSA) is 121 Å². The lowest BCUT2D eigenvalue weighted by Gasteiger charge is -2.12. The highest BCUT2D eigenvalue weighted by molar-refractivity contribution is 6.31. The van der Waals surface area contributed by atoms with Crippen molar-refractivity contribution < 1.29 is 41.1 Å². The average Bonchev–Trinajstić information content (AvgIpc) is 2.98. The van der Waals surface area contributed by atoms with Gasteiger partial charge in [0.15, 0.2) is 11.6 Å². The fourth-order valence-corrected chi connectivity index (χ4v) is 3.69. The number of hydrogen-bond donors (Lipinski definition) is 4. The Balaban J connectivity index is 1.29. The minimum atomic E-state index is -4.69. The van der Waals surface area contributed by atoms with Crippen LogP contribution < -0.4 is 26.2 Å².